The highest BCUT2D eigenvalue weighted by Gasteiger charge is 2.02. The van der Waals surface area contributed by atoms with Crippen molar-refractivity contribution < 1.29 is 5.11 Å². The Kier molecular flexibility index (Phi) is 3.69. The van der Waals surface area contributed by atoms with Gasteiger partial charge >= 0.3 is 0 Å². The topological polar surface area (TPSA) is 63.0 Å². The van der Waals surface area contributed by atoms with E-state index < -0.39 is 0 Å². The van der Waals surface area contributed by atoms with Gasteiger partial charge < -0.3 is 10.4 Å². The van der Waals surface area contributed by atoms with E-state index >= 15 is 0 Å². The average Bonchev–Trinajstić information content (AvgIpc) is 2.56. The molecule has 0 aromatic carbocycles. The van der Waals surface area contributed by atoms with Gasteiger partial charge in [-0.05, 0) is 6.92 Å². The molecular formula is C7H14N4O. The van der Waals surface area contributed by atoms with E-state index in [9.17, 15) is 0 Å². The molecule has 0 aliphatic carbocycles. The fourth-order valence-electron chi connectivity index (χ4n) is 0.929. The first-order chi connectivity index (χ1) is 5.84. The molecule has 0 fully saturated rings. The molecule has 0 amide bonds. The van der Waals surface area contributed by atoms with Crippen LogP contribution in [0.3, 0.4) is 0 Å². The molecule has 0 aliphatic rings. The fourth-order valence-corrected chi connectivity index (χ4v) is 0.929. The van der Waals surface area contributed by atoms with Crippen LogP contribution in [0.2, 0.25) is 0 Å². The largest absolute Gasteiger partial charge is 0.395 e. The van der Waals surface area contributed by atoms with E-state index in [0.29, 0.717) is 6.54 Å². The molecule has 5 heteroatoms. The van der Waals surface area contributed by atoms with Crippen LogP contribution in [0.4, 0.5) is 0 Å². The van der Waals surface area contributed by atoms with Gasteiger partial charge in [0.1, 0.15) is 12.7 Å². The molecule has 1 heterocycles. The monoisotopic (exact) mass is 170 g/mol. The zero-order valence-electron chi connectivity index (χ0n) is 7.14. The second-order valence-corrected chi connectivity index (χ2v) is 2.65. The third-order valence-electron chi connectivity index (χ3n) is 1.62. The normalized spacial score (nSPS) is 13.2. The van der Waals surface area contributed by atoms with E-state index in [-0.39, 0.29) is 12.6 Å². The van der Waals surface area contributed by atoms with Gasteiger partial charge in [0.15, 0.2) is 0 Å². The second-order valence-electron chi connectivity index (χ2n) is 2.65. The van der Waals surface area contributed by atoms with E-state index in [1.165, 1.54) is 6.33 Å². The van der Waals surface area contributed by atoms with Crippen molar-refractivity contribution in [1.29, 1.82) is 0 Å². The summed E-state index contributed by atoms with van der Waals surface area (Å²) in [5, 5.41) is 15.6. The Morgan fingerprint density at radius 3 is 3.08 bits per heavy atom. The van der Waals surface area contributed by atoms with E-state index in [0.717, 1.165) is 6.54 Å². The third kappa shape index (κ3) is 2.60. The second kappa shape index (κ2) is 4.84. The van der Waals surface area contributed by atoms with Gasteiger partial charge in [-0.2, -0.15) is 5.10 Å². The van der Waals surface area contributed by atoms with Crippen molar-refractivity contribution in [2.24, 2.45) is 0 Å². The molecule has 0 saturated carbocycles. The SMILES string of the molecule is CC(CNCCO)n1cncn1. The van der Waals surface area contributed by atoms with Crippen molar-refractivity contribution in [3.8, 4) is 0 Å². The summed E-state index contributed by atoms with van der Waals surface area (Å²) in [6.45, 7) is 3.63. The smallest absolute Gasteiger partial charge is 0.137 e. The Bertz CT molecular complexity index is 199. The number of hydrogen-bond acceptors (Lipinski definition) is 4. The van der Waals surface area contributed by atoms with Crippen LogP contribution in [-0.2, 0) is 0 Å². The van der Waals surface area contributed by atoms with Crippen LogP contribution in [0.25, 0.3) is 0 Å². The molecule has 1 unspecified atom stereocenters. The Morgan fingerprint density at radius 1 is 1.67 bits per heavy atom. The Labute approximate surface area is 71.4 Å². The molecule has 1 rings (SSSR count). The molecule has 2 N–H and O–H groups in total. The summed E-state index contributed by atoms with van der Waals surface area (Å²) in [5.41, 5.74) is 0. The molecule has 1 atom stereocenters. The number of nitrogens with zero attached hydrogens (tertiary/aromatic N) is 3. The highest BCUT2D eigenvalue weighted by molar-refractivity contribution is 4.66. The zero-order valence-corrected chi connectivity index (χ0v) is 7.14. The molecule has 1 aromatic rings. The summed E-state index contributed by atoms with van der Waals surface area (Å²) in [7, 11) is 0. The summed E-state index contributed by atoms with van der Waals surface area (Å²) in [5.74, 6) is 0. The van der Waals surface area contributed by atoms with Crippen molar-refractivity contribution in [3.63, 3.8) is 0 Å². The van der Waals surface area contributed by atoms with Crippen LogP contribution < -0.4 is 5.32 Å². The number of aliphatic hydroxyl groups excluding tert-OH is 1. The predicted molar refractivity (Wildman–Crippen MR) is 44.7 cm³/mol. The lowest BCUT2D eigenvalue weighted by atomic mass is 10.3. The molecule has 1 aromatic heterocycles. The maximum absolute atomic E-state index is 8.51. The van der Waals surface area contributed by atoms with Crippen molar-refractivity contribution in [3.05, 3.63) is 12.7 Å². The molecule has 0 bridgehead atoms. The van der Waals surface area contributed by atoms with E-state index in [1.807, 2.05) is 6.92 Å². The molecular weight excluding hydrogens is 156 g/mol. The van der Waals surface area contributed by atoms with E-state index in [4.69, 9.17) is 5.11 Å². The molecule has 0 saturated heterocycles. The molecule has 0 aliphatic heterocycles. The number of aromatic nitrogens is 3. The minimum absolute atomic E-state index is 0.171. The van der Waals surface area contributed by atoms with E-state index in [2.05, 4.69) is 15.4 Å². The van der Waals surface area contributed by atoms with E-state index in [1.54, 1.807) is 11.0 Å². The third-order valence-corrected chi connectivity index (χ3v) is 1.62. The highest BCUT2D eigenvalue weighted by Crippen LogP contribution is 1.98. The summed E-state index contributed by atoms with van der Waals surface area (Å²) in [6.07, 6.45) is 3.20. The van der Waals surface area contributed by atoms with Crippen LogP contribution in [0.5, 0.6) is 0 Å². The van der Waals surface area contributed by atoms with Crippen LogP contribution in [0.1, 0.15) is 13.0 Å². The molecule has 68 valence electrons. The molecule has 0 radical (unpaired) electrons. The molecule has 0 spiro atoms. The summed E-state index contributed by atoms with van der Waals surface area (Å²) >= 11 is 0. The van der Waals surface area contributed by atoms with Gasteiger partial charge in [-0.1, -0.05) is 0 Å². The van der Waals surface area contributed by atoms with Crippen LogP contribution in [-0.4, -0.2) is 39.6 Å². The number of rotatable bonds is 5. The maximum atomic E-state index is 8.51. The summed E-state index contributed by atoms with van der Waals surface area (Å²) in [4.78, 5) is 3.85. The number of aliphatic hydroxyl groups is 1. The lowest BCUT2D eigenvalue weighted by molar-refractivity contribution is 0.287. The van der Waals surface area contributed by atoms with Gasteiger partial charge in [-0.25, -0.2) is 9.67 Å². The minimum Gasteiger partial charge on any atom is -0.395 e. The van der Waals surface area contributed by atoms with Crippen molar-refractivity contribution in [2.75, 3.05) is 19.7 Å². The first kappa shape index (κ1) is 9.15. The Hall–Kier alpha value is -0.940. The van der Waals surface area contributed by atoms with Crippen LogP contribution >= 0.6 is 0 Å². The predicted octanol–water partition coefficient (Wildman–Crippen LogP) is -0.579. The summed E-state index contributed by atoms with van der Waals surface area (Å²) in [6, 6.07) is 0.277. The highest BCUT2D eigenvalue weighted by atomic mass is 16.3. The standard InChI is InChI=1S/C7H14N4O/c1-7(4-8-2-3-12)11-6-9-5-10-11/h5-8,12H,2-4H2,1H3. The zero-order chi connectivity index (χ0) is 8.81. The maximum Gasteiger partial charge on any atom is 0.137 e. The quantitative estimate of drug-likeness (QED) is 0.580. The van der Waals surface area contributed by atoms with Gasteiger partial charge in [0, 0.05) is 13.1 Å². The Morgan fingerprint density at radius 2 is 2.50 bits per heavy atom. The number of nitrogens with one attached hydrogen (secondary N) is 1. The molecule has 5 nitrogen and oxygen atoms in total. The van der Waals surface area contributed by atoms with Crippen LogP contribution in [0.15, 0.2) is 12.7 Å². The fraction of sp³-hybridized carbons (Fsp3) is 0.714. The lowest BCUT2D eigenvalue weighted by Crippen LogP contribution is -2.26. The first-order valence-corrected chi connectivity index (χ1v) is 4.00. The van der Waals surface area contributed by atoms with Gasteiger partial charge in [-0.15, -0.1) is 0 Å². The minimum atomic E-state index is 0.171. The number of hydrogen-bond donors (Lipinski definition) is 2. The van der Waals surface area contributed by atoms with Crippen LogP contribution in [0, 0.1) is 0 Å². The lowest BCUT2D eigenvalue weighted by Gasteiger charge is -2.11. The van der Waals surface area contributed by atoms with Gasteiger partial charge in [0.25, 0.3) is 0 Å². The van der Waals surface area contributed by atoms with Crippen molar-refractivity contribution >= 4 is 0 Å². The first-order valence-electron chi connectivity index (χ1n) is 4.00. The van der Waals surface area contributed by atoms with Crippen molar-refractivity contribution in [1.82, 2.24) is 20.1 Å². The van der Waals surface area contributed by atoms with Gasteiger partial charge in [0.05, 0.1) is 12.6 Å². The Balaban J connectivity index is 2.25. The van der Waals surface area contributed by atoms with Crippen molar-refractivity contribution in [2.45, 2.75) is 13.0 Å². The average molecular weight is 170 g/mol. The van der Waals surface area contributed by atoms with Gasteiger partial charge in [0.2, 0.25) is 0 Å². The summed E-state index contributed by atoms with van der Waals surface area (Å²) < 4.78 is 1.78. The van der Waals surface area contributed by atoms with Gasteiger partial charge in [-0.3, -0.25) is 0 Å². The molecule has 12 heavy (non-hydrogen) atoms.